The van der Waals surface area contributed by atoms with Gasteiger partial charge in [-0.05, 0) is 12.0 Å². The molecule has 2 aliphatic heterocycles. The van der Waals surface area contributed by atoms with E-state index in [-0.39, 0.29) is 37.1 Å². The van der Waals surface area contributed by atoms with Gasteiger partial charge in [-0.1, -0.05) is 31.5 Å². The van der Waals surface area contributed by atoms with Crippen molar-refractivity contribution in [3.05, 3.63) is 41.7 Å². The maximum atomic E-state index is 12.8. The molecule has 0 spiro atoms. The third-order valence-corrected chi connectivity index (χ3v) is 6.10. The van der Waals surface area contributed by atoms with E-state index in [9.17, 15) is 19.5 Å². The SMILES string of the molecule is CC[C@H]1CN(CCC2(O)C(=O)Nc3ccccc32)C(=O)C[C@@H]1/C(=C/OC)C(=O)OC. The van der Waals surface area contributed by atoms with Crippen molar-refractivity contribution in [2.75, 3.05) is 32.6 Å². The van der Waals surface area contributed by atoms with E-state index >= 15 is 0 Å². The lowest BCUT2D eigenvalue weighted by atomic mass is 9.78. The van der Waals surface area contributed by atoms with Crippen molar-refractivity contribution >= 4 is 23.5 Å². The number of methoxy groups -OCH3 is 2. The van der Waals surface area contributed by atoms with Crippen LogP contribution in [0, 0.1) is 11.8 Å². The number of hydrogen-bond donors (Lipinski definition) is 2. The lowest BCUT2D eigenvalue weighted by molar-refractivity contribution is -0.143. The average molecular weight is 416 g/mol. The molecule has 1 saturated heterocycles. The minimum Gasteiger partial charge on any atom is -0.504 e. The van der Waals surface area contributed by atoms with Gasteiger partial charge in [0.1, 0.15) is 0 Å². The lowest BCUT2D eigenvalue weighted by Gasteiger charge is -2.39. The number of carbonyl (C=O) groups excluding carboxylic acids is 3. The largest absolute Gasteiger partial charge is 0.504 e. The first-order valence-corrected chi connectivity index (χ1v) is 10.1. The number of anilines is 1. The van der Waals surface area contributed by atoms with Gasteiger partial charge in [0.05, 0.1) is 26.1 Å². The molecule has 2 aliphatic rings. The zero-order valence-corrected chi connectivity index (χ0v) is 17.5. The van der Waals surface area contributed by atoms with Crippen molar-refractivity contribution in [2.45, 2.75) is 31.8 Å². The number of nitrogens with one attached hydrogen (secondary N) is 1. The van der Waals surface area contributed by atoms with E-state index in [0.717, 1.165) is 6.42 Å². The fourth-order valence-electron chi connectivity index (χ4n) is 4.37. The molecule has 2 heterocycles. The average Bonchev–Trinajstić information content (AvgIpc) is 3.01. The summed E-state index contributed by atoms with van der Waals surface area (Å²) in [6.45, 7) is 2.67. The summed E-state index contributed by atoms with van der Waals surface area (Å²) in [5.41, 5.74) is -0.195. The number of carbonyl (C=O) groups is 3. The van der Waals surface area contributed by atoms with Crippen LogP contribution in [0.4, 0.5) is 5.69 Å². The van der Waals surface area contributed by atoms with Gasteiger partial charge in [-0.3, -0.25) is 9.59 Å². The molecule has 2 N–H and O–H groups in total. The van der Waals surface area contributed by atoms with E-state index in [0.29, 0.717) is 23.4 Å². The molecule has 1 aromatic carbocycles. The van der Waals surface area contributed by atoms with Crippen LogP contribution in [-0.4, -0.2) is 55.1 Å². The highest BCUT2D eigenvalue weighted by atomic mass is 16.5. The van der Waals surface area contributed by atoms with Gasteiger partial charge in [0.15, 0.2) is 5.60 Å². The number of piperidine rings is 1. The minimum absolute atomic E-state index is 0.0301. The molecule has 0 saturated carbocycles. The zero-order valence-electron chi connectivity index (χ0n) is 17.5. The van der Waals surface area contributed by atoms with E-state index in [2.05, 4.69) is 5.32 Å². The molecule has 8 heteroatoms. The Morgan fingerprint density at radius 1 is 1.33 bits per heavy atom. The number of fused-ring (bicyclic) bond motifs is 1. The van der Waals surface area contributed by atoms with Crippen LogP contribution in [0.2, 0.25) is 0 Å². The van der Waals surface area contributed by atoms with Gasteiger partial charge in [-0.15, -0.1) is 0 Å². The number of likely N-dealkylation sites (tertiary alicyclic amines) is 1. The third-order valence-electron chi connectivity index (χ3n) is 6.10. The second-order valence-electron chi connectivity index (χ2n) is 7.73. The molecule has 3 rings (SSSR count). The van der Waals surface area contributed by atoms with Gasteiger partial charge < -0.3 is 24.8 Å². The van der Waals surface area contributed by atoms with Crippen LogP contribution < -0.4 is 5.32 Å². The second-order valence-corrected chi connectivity index (χ2v) is 7.73. The number of para-hydroxylation sites is 1. The Hall–Kier alpha value is -2.87. The standard InChI is InChI=1S/C22H28N2O6/c1-4-14-12-24(19(25)11-15(14)16(13-29-2)20(26)30-3)10-9-22(28)17-7-5-6-8-18(17)23-21(22)27/h5-8,13-15,28H,4,9-12H2,1-3H3,(H,23,27)/b16-13-/t14-,15-,22?/m0/s1. The Morgan fingerprint density at radius 3 is 2.73 bits per heavy atom. The molecular weight excluding hydrogens is 388 g/mol. The van der Waals surface area contributed by atoms with E-state index in [1.54, 1.807) is 29.2 Å². The molecular formula is C22H28N2O6. The van der Waals surface area contributed by atoms with Crippen LogP contribution in [0.1, 0.15) is 31.7 Å². The van der Waals surface area contributed by atoms with Crippen molar-refractivity contribution in [2.24, 2.45) is 11.8 Å². The summed E-state index contributed by atoms with van der Waals surface area (Å²) < 4.78 is 9.90. The summed E-state index contributed by atoms with van der Waals surface area (Å²) in [7, 11) is 2.75. The lowest BCUT2D eigenvalue weighted by Crippen LogP contribution is -2.48. The number of amides is 2. The summed E-state index contributed by atoms with van der Waals surface area (Å²) in [4.78, 5) is 39.1. The topological polar surface area (TPSA) is 105 Å². The molecule has 162 valence electrons. The summed E-state index contributed by atoms with van der Waals surface area (Å²) >= 11 is 0. The smallest absolute Gasteiger partial charge is 0.337 e. The van der Waals surface area contributed by atoms with Crippen molar-refractivity contribution in [3.8, 4) is 0 Å². The molecule has 0 aromatic heterocycles. The van der Waals surface area contributed by atoms with Gasteiger partial charge in [0.25, 0.3) is 5.91 Å². The highest BCUT2D eigenvalue weighted by Gasteiger charge is 2.46. The van der Waals surface area contributed by atoms with Crippen LogP contribution in [0.3, 0.4) is 0 Å². The van der Waals surface area contributed by atoms with Crippen LogP contribution in [0.15, 0.2) is 36.1 Å². The molecule has 1 aromatic rings. The Bertz CT molecular complexity index is 867. The van der Waals surface area contributed by atoms with E-state index in [4.69, 9.17) is 9.47 Å². The van der Waals surface area contributed by atoms with Gasteiger partial charge in [-0.2, -0.15) is 0 Å². The second kappa shape index (κ2) is 8.87. The maximum absolute atomic E-state index is 12.8. The van der Waals surface area contributed by atoms with Crippen LogP contribution >= 0.6 is 0 Å². The predicted molar refractivity (Wildman–Crippen MR) is 109 cm³/mol. The Morgan fingerprint density at radius 2 is 2.07 bits per heavy atom. The van der Waals surface area contributed by atoms with Crippen molar-refractivity contribution in [1.82, 2.24) is 4.90 Å². The molecule has 3 atom stereocenters. The van der Waals surface area contributed by atoms with E-state index < -0.39 is 17.5 Å². The predicted octanol–water partition coefficient (Wildman–Crippen LogP) is 1.79. The van der Waals surface area contributed by atoms with Gasteiger partial charge in [-0.25, -0.2) is 4.79 Å². The first kappa shape index (κ1) is 21.8. The molecule has 0 radical (unpaired) electrons. The first-order valence-electron chi connectivity index (χ1n) is 10.1. The van der Waals surface area contributed by atoms with Gasteiger partial charge in [0, 0.05) is 43.1 Å². The fraction of sp³-hybridized carbons (Fsp3) is 0.500. The van der Waals surface area contributed by atoms with Crippen LogP contribution in [0.25, 0.3) is 0 Å². The Balaban J connectivity index is 1.74. The van der Waals surface area contributed by atoms with Crippen molar-refractivity contribution in [1.29, 1.82) is 0 Å². The first-order chi connectivity index (χ1) is 14.3. The van der Waals surface area contributed by atoms with Crippen LogP contribution in [-0.2, 0) is 29.5 Å². The summed E-state index contributed by atoms with van der Waals surface area (Å²) in [6, 6.07) is 7.02. The van der Waals surface area contributed by atoms with Gasteiger partial charge in [0.2, 0.25) is 5.91 Å². The number of benzene rings is 1. The zero-order chi connectivity index (χ0) is 21.9. The molecule has 0 aliphatic carbocycles. The van der Waals surface area contributed by atoms with Crippen LogP contribution in [0.5, 0.6) is 0 Å². The molecule has 8 nitrogen and oxygen atoms in total. The number of esters is 1. The molecule has 0 bridgehead atoms. The number of ether oxygens (including phenoxy) is 2. The summed E-state index contributed by atoms with van der Waals surface area (Å²) in [6.07, 6.45) is 2.34. The molecule has 1 unspecified atom stereocenters. The Labute approximate surface area is 175 Å². The monoisotopic (exact) mass is 416 g/mol. The highest BCUT2D eigenvalue weighted by Crippen LogP contribution is 2.39. The molecule has 30 heavy (non-hydrogen) atoms. The van der Waals surface area contributed by atoms with Gasteiger partial charge >= 0.3 is 5.97 Å². The molecule has 1 fully saturated rings. The maximum Gasteiger partial charge on any atom is 0.337 e. The number of hydrogen-bond acceptors (Lipinski definition) is 6. The minimum atomic E-state index is -1.66. The summed E-state index contributed by atoms with van der Waals surface area (Å²) in [5, 5.41) is 13.7. The third kappa shape index (κ3) is 3.92. The summed E-state index contributed by atoms with van der Waals surface area (Å²) in [5.74, 6) is -1.39. The number of rotatable bonds is 7. The quantitative estimate of drug-likeness (QED) is 0.399. The van der Waals surface area contributed by atoms with Crippen molar-refractivity contribution < 1.29 is 29.0 Å². The van der Waals surface area contributed by atoms with Crippen molar-refractivity contribution in [3.63, 3.8) is 0 Å². The number of aliphatic hydroxyl groups is 1. The van der Waals surface area contributed by atoms with E-state index in [1.807, 2.05) is 6.92 Å². The van der Waals surface area contributed by atoms with E-state index in [1.165, 1.54) is 20.5 Å². The molecule has 2 amide bonds. The fourth-order valence-corrected chi connectivity index (χ4v) is 4.37. The normalized spacial score (nSPS) is 26.3. The highest BCUT2D eigenvalue weighted by molar-refractivity contribution is 6.04. The number of nitrogens with zero attached hydrogens (tertiary/aromatic N) is 1. The Kier molecular flexibility index (Phi) is 6.45.